The van der Waals surface area contributed by atoms with Crippen molar-refractivity contribution in [1.82, 2.24) is 10.4 Å². The van der Waals surface area contributed by atoms with Crippen molar-refractivity contribution in [3.05, 3.63) is 41.5 Å². The van der Waals surface area contributed by atoms with Gasteiger partial charge in [-0.2, -0.15) is 0 Å². The Bertz CT molecular complexity index is 1000. The summed E-state index contributed by atoms with van der Waals surface area (Å²) in [5.41, 5.74) is 0. The standard InChI is InChI=1S/C33H48F4N2O3S/c1-2-3-4-5-6-7-14-19-29(40)38-24(23-43-33-31(36)27(34)22-28(35)32(33)37)20-21-30(41)42-39(25-15-10-8-11-16-25)26-17-12-9-13-18-26/h7,14,22,24-26H,2-6,8-13,15-21,23H2,1H3,(H,38,40)/b14-7+/t24-/m0/s1. The Morgan fingerprint density at radius 1 is 0.930 bits per heavy atom. The molecular weight excluding hydrogens is 580 g/mol. The van der Waals surface area contributed by atoms with Gasteiger partial charge in [0.15, 0.2) is 23.3 Å². The molecule has 0 radical (unpaired) electrons. The van der Waals surface area contributed by atoms with Crippen molar-refractivity contribution >= 4 is 23.6 Å². The van der Waals surface area contributed by atoms with Crippen molar-refractivity contribution in [2.24, 2.45) is 0 Å². The Kier molecular flexibility index (Phi) is 15.9. The monoisotopic (exact) mass is 628 g/mol. The van der Waals surface area contributed by atoms with Crippen LogP contribution in [0.5, 0.6) is 0 Å². The van der Waals surface area contributed by atoms with Crippen LogP contribution >= 0.6 is 11.8 Å². The van der Waals surface area contributed by atoms with Gasteiger partial charge in [-0.15, -0.1) is 16.8 Å². The first kappa shape index (κ1) is 35.4. The van der Waals surface area contributed by atoms with Crippen LogP contribution in [-0.4, -0.2) is 40.8 Å². The molecule has 1 N–H and O–H groups in total. The number of carbonyl (C=O) groups is 2. The molecule has 2 aliphatic carbocycles. The summed E-state index contributed by atoms with van der Waals surface area (Å²) < 4.78 is 56.1. The van der Waals surface area contributed by atoms with Gasteiger partial charge < -0.3 is 10.2 Å². The largest absolute Gasteiger partial charge is 0.367 e. The van der Waals surface area contributed by atoms with Crippen LogP contribution in [0.1, 0.15) is 122 Å². The molecule has 1 aromatic carbocycles. The van der Waals surface area contributed by atoms with Crippen LogP contribution < -0.4 is 5.32 Å². The summed E-state index contributed by atoms with van der Waals surface area (Å²) in [5, 5.41) is 4.78. The zero-order valence-electron chi connectivity index (χ0n) is 25.5. The van der Waals surface area contributed by atoms with Crippen molar-refractivity contribution in [2.45, 2.75) is 146 Å². The lowest BCUT2D eigenvalue weighted by Crippen LogP contribution is -2.46. The van der Waals surface area contributed by atoms with E-state index in [0.29, 0.717) is 11.8 Å². The highest BCUT2D eigenvalue weighted by atomic mass is 32.2. The zero-order valence-corrected chi connectivity index (χ0v) is 26.3. The first-order valence-electron chi connectivity index (χ1n) is 16.2. The molecule has 0 aliphatic heterocycles. The average Bonchev–Trinajstić information content (AvgIpc) is 3.01. The smallest absolute Gasteiger partial charge is 0.325 e. The number of hydrogen-bond acceptors (Lipinski definition) is 5. The van der Waals surface area contributed by atoms with Crippen LogP contribution in [0.4, 0.5) is 17.6 Å². The first-order valence-corrected chi connectivity index (χ1v) is 17.2. The number of rotatable bonds is 17. The average molecular weight is 629 g/mol. The van der Waals surface area contributed by atoms with Crippen molar-refractivity contribution in [3.63, 3.8) is 0 Å². The molecule has 2 fully saturated rings. The lowest BCUT2D eigenvalue weighted by Gasteiger charge is -2.39. The molecule has 1 atom stereocenters. The topological polar surface area (TPSA) is 58.6 Å². The maximum Gasteiger partial charge on any atom is 0.325 e. The SMILES string of the molecule is CCCCCC/C=C/CC(=O)N[C@@H](CCC(=O)ON(C1CCCCC1)C1CCCCC1)CSc1c(F)c(F)cc(F)c1F. The Labute approximate surface area is 258 Å². The number of allylic oxidation sites excluding steroid dienone is 1. The molecule has 242 valence electrons. The van der Waals surface area contributed by atoms with E-state index in [1.54, 1.807) is 6.08 Å². The van der Waals surface area contributed by atoms with Gasteiger partial charge in [0.1, 0.15) is 0 Å². The number of hydroxylamine groups is 2. The fourth-order valence-corrected chi connectivity index (χ4v) is 6.98. The van der Waals surface area contributed by atoms with E-state index in [0.717, 1.165) is 77.0 Å². The van der Waals surface area contributed by atoms with Crippen LogP contribution in [-0.2, 0) is 14.4 Å². The highest BCUT2D eigenvalue weighted by molar-refractivity contribution is 7.99. The van der Waals surface area contributed by atoms with Gasteiger partial charge in [0.25, 0.3) is 0 Å². The lowest BCUT2D eigenvalue weighted by molar-refractivity contribution is -0.223. The van der Waals surface area contributed by atoms with Crippen LogP contribution in [0.15, 0.2) is 23.1 Å². The van der Waals surface area contributed by atoms with Gasteiger partial charge in [-0.05, 0) is 44.9 Å². The minimum atomic E-state index is -1.49. The van der Waals surface area contributed by atoms with E-state index in [-0.39, 0.29) is 49.1 Å². The van der Waals surface area contributed by atoms with Gasteiger partial charge in [-0.25, -0.2) is 17.6 Å². The number of halogens is 4. The van der Waals surface area contributed by atoms with Gasteiger partial charge in [0.2, 0.25) is 5.91 Å². The molecule has 2 aliphatic rings. The zero-order chi connectivity index (χ0) is 31.0. The molecule has 5 nitrogen and oxygen atoms in total. The minimum absolute atomic E-state index is 0.0167. The van der Waals surface area contributed by atoms with Gasteiger partial charge in [-0.1, -0.05) is 76.9 Å². The van der Waals surface area contributed by atoms with E-state index >= 15 is 0 Å². The van der Waals surface area contributed by atoms with Crippen LogP contribution in [0, 0.1) is 23.3 Å². The maximum absolute atomic E-state index is 14.3. The fraction of sp³-hybridized carbons (Fsp3) is 0.697. The summed E-state index contributed by atoms with van der Waals surface area (Å²) in [6.45, 7) is 2.14. The third-order valence-corrected chi connectivity index (χ3v) is 9.55. The van der Waals surface area contributed by atoms with Crippen LogP contribution in [0.25, 0.3) is 0 Å². The first-order chi connectivity index (χ1) is 20.8. The van der Waals surface area contributed by atoms with Crippen molar-refractivity contribution < 1.29 is 32.0 Å². The van der Waals surface area contributed by atoms with E-state index in [1.165, 1.54) is 19.3 Å². The van der Waals surface area contributed by atoms with E-state index in [2.05, 4.69) is 12.2 Å². The number of unbranched alkanes of at least 4 members (excludes halogenated alkanes) is 4. The van der Waals surface area contributed by atoms with Crippen molar-refractivity contribution in [3.8, 4) is 0 Å². The second kappa shape index (κ2) is 19.3. The molecule has 43 heavy (non-hydrogen) atoms. The molecule has 1 aromatic rings. The highest BCUT2D eigenvalue weighted by Gasteiger charge is 2.32. The number of amides is 1. The summed E-state index contributed by atoms with van der Waals surface area (Å²) >= 11 is 0.577. The number of carbonyl (C=O) groups excluding carboxylic acids is 2. The molecule has 0 aromatic heterocycles. The second-order valence-corrected chi connectivity index (χ2v) is 12.9. The predicted octanol–water partition coefficient (Wildman–Crippen LogP) is 8.94. The number of benzene rings is 1. The molecule has 0 heterocycles. The van der Waals surface area contributed by atoms with Crippen molar-refractivity contribution in [2.75, 3.05) is 5.75 Å². The van der Waals surface area contributed by atoms with Gasteiger partial charge >= 0.3 is 5.97 Å². The summed E-state index contributed by atoms with van der Waals surface area (Å²) in [6.07, 6.45) is 20.2. The molecule has 0 bridgehead atoms. The van der Waals surface area contributed by atoms with Crippen molar-refractivity contribution in [1.29, 1.82) is 0 Å². The van der Waals surface area contributed by atoms with Gasteiger partial charge in [-0.3, -0.25) is 9.59 Å². The number of thioether (sulfide) groups is 1. The minimum Gasteiger partial charge on any atom is -0.367 e. The Morgan fingerprint density at radius 2 is 1.53 bits per heavy atom. The molecule has 0 unspecified atom stereocenters. The normalized spacial score (nSPS) is 17.4. The molecule has 3 rings (SSSR count). The molecule has 0 saturated heterocycles. The van der Waals surface area contributed by atoms with Gasteiger partial charge in [0.05, 0.1) is 4.90 Å². The molecular formula is C33H48F4N2O3S. The quantitative estimate of drug-likeness (QED) is 0.0466. The predicted molar refractivity (Wildman–Crippen MR) is 162 cm³/mol. The second-order valence-electron chi connectivity index (χ2n) is 11.8. The van der Waals surface area contributed by atoms with E-state index in [9.17, 15) is 27.2 Å². The van der Waals surface area contributed by atoms with E-state index in [1.807, 2.05) is 11.1 Å². The molecule has 10 heteroatoms. The Morgan fingerprint density at radius 3 is 2.12 bits per heavy atom. The maximum atomic E-state index is 14.3. The Hall–Kier alpha value is -2.07. The number of nitrogens with one attached hydrogen (secondary N) is 1. The molecule has 1 amide bonds. The summed E-state index contributed by atoms with van der Waals surface area (Å²) in [5.74, 6) is -6.72. The summed E-state index contributed by atoms with van der Waals surface area (Å²) in [7, 11) is 0. The summed E-state index contributed by atoms with van der Waals surface area (Å²) in [6, 6.07) is -0.0991. The molecule has 2 saturated carbocycles. The van der Waals surface area contributed by atoms with Crippen LogP contribution in [0.2, 0.25) is 0 Å². The third kappa shape index (κ3) is 12.1. The van der Waals surface area contributed by atoms with Gasteiger partial charge in [0, 0.05) is 42.8 Å². The summed E-state index contributed by atoms with van der Waals surface area (Å²) in [4.78, 5) is 31.0. The lowest BCUT2D eigenvalue weighted by atomic mass is 9.90. The highest BCUT2D eigenvalue weighted by Crippen LogP contribution is 2.32. The Balaban J connectivity index is 1.62. The van der Waals surface area contributed by atoms with E-state index < -0.39 is 40.2 Å². The third-order valence-electron chi connectivity index (χ3n) is 8.33. The molecule has 0 spiro atoms. The number of nitrogens with zero attached hydrogens (tertiary/aromatic N) is 1. The van der Waals surface area contributed by atoms with E-state index in [4.69, 9.17) is 4.84 Å². The fourth-order valence-electron chi connectivity index (χ4n) is 5.92. The van der Waals surface area contributed by atoms with Crippen LogP contribution in [0.3, 0.4) is 0 Å². The number of hydrogen-bond donors (Lipinski definition) is 1.